The van der Waals surface area contributed by atoms with Crippen LogP contribution in [-0.4, -0.2) is 23.9 Å². The Labute approximate surface area is 124 Å². The lowest BCUT2D eigenvalue weighted by atomic mass is 10.1. The van der Waals surface area contributed by atoms with E-state index in [0.717, 1.165) is 35.7 Å². The van der Waals surface area contributed by atoms with Gasteiger partial charge >= 0.3 is 0 Å². The number of thiocarbonyl (C=S) groups is 1. The molecule has 19 heavy (non-hydrogen) atoms. The van der Waals surface area contributed by atoms with Gasteiger partial charge in [0.1, 0.15) is 0 Å². The first kappa shape index (κ1) is 14.6. The molecular formula is C14H19ClN2OS. The highest BCUT2D eigenvalue weighted by atomic mass is 35.5. The first-order valence-electron chi connectivity index (χ1n) is 6.52. The van der Waals surface area contributed by atoms with Crippen molar-refractivity contribution in [3.8, 4) is 0 Å². The molecule has 0 bridgehead atoms. The molecule has 2 unspecified atom stereocenters. The Morgan fingerprint density at radius 3 is 3.00 bits per heavy atom. The summed E-state index contributed by atoms with van der Waals surface area (Å²) in [5.41, 5.74) is 1.93. The smallest absolute Gasteiger partial charge is 0.171 e. The van der Waals surface area contributed by atoms with Crippen molar-refractivity contribution in [3.63, 3.8) is 0 Å². The molecule has 1 heterocycles. The van der Waals surface area contributed by atoms with Gasteiger partial charge in [-0.05, 0) is 56.6 Å². The third-order valence-corrected chi connectivity index (χ3v) is 4.03. The van der Waals surface area contributed by atoms with Crippen LogP contribution in [0.1, 0.15) is 25.3 Å². The first-order valence-corrected chi connectivity index (χ1v) is 7.31. The number of anilines is 1. The Hall–Kier alpha value is -0.840. The van der Waals surface area contributed by atoms with Crippen molar-refractivity contribution < 1.29 is 4.74 Å². The van der Waals surface area contributed by atoms with Gasteiger partial charge < -0.3 is 15.4 Å². The second-order valence-corrected chi connectivity index (χ2v) is 5.67. The maximum absolute atomic E-state index is 6.08. The fraction of sp³-hybridized carbons (Fsp3) is 0.500. The quantitative estimate of drug-likeness (QED) is 0.837. The molecule has 1 aliphatic rings. The average molecular weight is 299 g/mol. The van der Waals surface area contributed by atoms with Crippen LogP contribution in [0.5, 0.6) is 0 Å². The summed E-state index contributed by atoms with van der Waals surface area (Å²) in [6, 6.07) is 5.95. The van der Waals surface area contributed by atoms with E-state index < -0.39 is 0 Å². The molecule has 2 rings (SSSR count). The van der Waals surface area contributed by atoms with Gasteiger partial charge in [-0.15, -0.1) is 0 Å². The molecule has 104 valence electrons. The molecule has 0 amide bonds. The Kier molecular flexibility index (Phi) is 5.02. The minimum atomic E-state index is 0.210. The van der Waals surface area contributed by atoms with E-state index in [1.807, 2.05) is 25.1 Å². The topological polar surface area (TPSA) is 33.3 Å². The third kappa shape index (κ3) is 3.81. The fourth-order valence-electron chi connectivity index (χ4n) is 2.20. The van der Waals surface area contributed by atoms with Crippen molar-refractivity contribution in [1.82, 2.24) is 5.32 Å². The molecule has 0 saturated carbocycles. The van der Waals surface area contributed by atoms with Crippen molar-refractivity contribution in [2.75, 3.05) is 11.9 Å². The van der Waals surface area contributed by atoms with Gasteiger partial charge in [-0.2, -0.15) is 0 Å². The van der Waals surface area contributed by atoms with E-state index in [9.17, 15) is 0 Å². The van der Waals surface area contributed by atoms with Crippen LogP contribution in [0.2, 0.25) is 5.02 Å². The van der Waals surface area contributed by atoms with E-state index >= 15 is 0 Å². The molecule has 1 aromatic carbocycles. The molecule has 0 aliphatic carbocycles. The number of hydrogen-bond donors (Lipinski definition) is 2. The van der Waals surface area contributed by atoms with Gasteiger partial charge in [0, 0.05) is 17.3 Å². The van der Waals surface area contributed by atoms with Gasteiger partial charge in [-0.25, -0.2) is 0 Å². The number of nitrogens with one attached hydrogen (secondary N) is 2. The lowest BCUT2D eigenvalue weighted by Gasteiger charge is -2.22. The Morgan fingerprint density at radius 2 is 2.32 bits per heavy atom. The van der Waals surface area contributed by atoms with Crippen molar-refractivity contribution in [1.29, 1.82) is 0 Å². The van der Waals surface area contributed by atoms with Gasteiger partial charge in [-0.3, -0.25) is 0 Å². The molecule has 1 aromatic rings. The first-order chi connectivity index (χ1) is 9.08. The normalized spacial score (nSPS) is 20.1. The highest BCUT2D eigenvalue weighted by Crippen LogP contribution is 2.23. The second kappa shape index (κ2) is 6.55. The monoisotopic (exact) mass is 298 g/mol. The number of ether oxygens (including phenoxy) is 1. The van der Waals surface area contributed by atoms with Gasteiger partial charge in [0.05, 0.1) is 12.1 Å². The Bertz CT molecular complexity index is 461. The molecule has 2 N–H and O–H groups in total. The average Bonchev–Trinajstić information content (AvgIpc) is 2.88. The summed E-state index contributed by atoms with van der Waals surface area (Å²) in [5.74, 6) is 0. The molecule has 3 nitrogen and oxygen atoms in total. The van der Waals surface area contributed by atoms with E-state index in [4.69, 9.17) is 28.6 Å². The Balaban J connectivity index is 1.91. The van der Waals surface area contributed by atoms with E-state index in [2.05, 4.69) is 17.6 Å². The van der Waals surface area contributed by atoms with Crippen LogP contribution in [0.25, 0.3) is 0 Å². The van der Waals surface area contributed by atoms with Gasteiger partial charge in [0.25, 0.3) is 0 Å². The summed E-state index contributed by atoms with van der Waals surface area (Å²) in [6.07, 6.45) is 2.47. The minimum absolute atomic E-state index is 0.210. The van der Waals surface area contributed by atoms with E-state index in [-0.39, 0.29) is 12.1 Å². The lowest BCUT2D eigenvalue weighted by Crippen LogP contribution is -2.42. The van der Waals surface area contributed by atoms with Gasteiger partial charge in [-0.1, -0.05) is 17.7 Å². The number of benzene rings is 1. The zero-order valence-corrected chi connectivity index (χ0v) is 12.8. The van der Waals surface area contributed by atoms with Crippen LogP contribution in [0.15, 0.2) is 18.2 Å². The number of halogens is 1. The molecule has 0 radical (unpaired) electrons. The summed E-state index contributed by atoms with van der Waals surface area (Å²) >= 11 is 11.4. The van der Waals surface area contributed by atoms with Crippen molar-refractivity contribution >= 4 is 34.6 Å². The summed E-state index contributed by atoms with van der Waals surface area (Å²) < 4.78 is 5.64. The molecule has 0 aromatic heterocycles. The zero-order chi connectivity index (χ0) is 13.8. The molecule has 1 aliphatic heterocycles. The molecule has 5 heteroatoms. The molecule has 1 fully saturated rings. The lowest BCUT2D eigenvalue weighted by molar-refractivity contribution is 0.0895. The third-order valence-electron chi connectivity index (χ3n) is 3.40. The van der Waals surface area contributed by atoms with Crippen LogP contribution in [0.4, 0.5) is 5.69 Å². The molecule has 1 saturated heterocycles. The van der Waals surface area contributed by atoms with Crippen LogP contribution in [0.3, 0.4) is 0 Å². The SMILES string of the molecule is Cc1c(Cl)cccc1NC(=S)NC(C)C1CCCO1. The van der Waals surface area contributed by atoms with Crippen molar-refractivity contribution in [3.05, 3.63) is 28.8 Å². The van der Waals surface area contributed by atoms with Crippen LogP contribution >= 0.6 is 23.8 Å². The van der Waals surface area contributed by atoms with Crippen LogP contribution in [-0.2, 0) is 4.74 Å². The van der Waals surface area contributed by atoms with Crippen molar-refractivity contribution in [2.24, 2.45) is 0 Å². The summed E-state index contributed by atoms with van der Waals surface area (Å²) in [4.78, 5) is 0. The summed E-state index contributed by atoms with van der Waals surface area (Å²) in [7, 11) is 0. The van der Waals surface area contributed by atoms with Gasteiger partial charge in [0.15, 0.2) is 5.11 Å². The van der Waals surface area contributed by atoms with E-state index in [1.54, 1.807) is 0 Å². The number of hydrogen-bond acceptors (Lipinski definition) is 2. The Morgan fingerprint density at radius 1 is 1.53 bits per heavy atom. The molecule has 2 atom stereocenters. The standard InChI is InChI=1S/C14H19ClN2OS/c1-9-11(15)5-3-6-12(9)17-14(19)16-10(2)13-7-4-8-18-13/h3,5-6,10,13H,4,7-8H2,1-2H3,(H2,16,17,19). The molecule has 0 spiro atoms. The largest absolute Gasteiger partial charge is 0.376 e. The fourth-order valence-corrected chi connectivity index (χ4v) is 2.67. The summed E-state index contributed by atoms with van der Waals surface area (Å²) in [5, 5.41) is 7.80. The highest BCUT2D eigenvalue weighted by Gasteiger charge is 2.22. The van der Waals surface area contributed by atoms with E-state index in [1.165, 1.54) is 0 Å². The minimum Gasteiger partial charge on any atom is -0.376 e. The highest BCUT2D eigenvalue weighted by molar-refractivity contribution is 7.80. The zero-order valence-electron chi connectivity index (χ0n) is 11.2. The van der Waals surface area contributed by atoms with Crippen LogP contribution < -0.4 is 10.6 Å². The second-order valence-electron chi connectivity index (χ2n) is 4.85. The van der Waals surface area contributed by atoms with Crippen LogP contribution in [0, 0.1) is 6.92 Å². The molecular weight excluding hydrogens is 280 g/mol. The maximum atomic E-state index is 6.08. The maximum Gasteiger partial charge on any atom is 0.171 e. The predicted molar refractivity (Wildman–Crippen MR) is 84.0 cm³/mol. The number of rotatable bonds is 3. The summed E-state index contributed by atoms with van der Waals surface area (Å²) in [6.45, 7) is 4.91. The van der Waals surface area contributed by atoms with Crippen molar-refractivity contribution in [2.45, 2.75) is 38.8 Å². The van der Waals surface area contributed by atoms with E-state index in [0.29, 0.717) is 5.11 Å². The predicted octanol–water partition coefficient (Wildman–Crippen LogP) is 3.50. The van der Waals surface area contributed by atoms with Gasteiger partial charge in [0.2, 0.25) is 0 Å².